The van der Waals surface area contributed by atoms with Crippen molar-refractivity contribution >= 4 is 43.6 Å². The second-order valence-corrected chi connectivity index (χ2v) is 5.48. The van der Waals surface area contributed by atoms with E-state index in [9.17, 15) is 0 Å². The fourth-order valence-corrected chi connectivity index (χ4v) is 3.27. The number of H-pyrrole nitrogens is 2. The lowest BCUT2D eigenvalue weighted by Crippen LogP contribution is -2.04. The van der Waals surface area contributed by atoms with Crippen LogP contribution < -0.4 is 4.98 Å². The number of fused-ring (bicyclic) bond motifs is 6. The summed E-state index contributed by atoms with van der Waals surface area (Å²) in [4.78, 5) is 7.05. The number of para-hydroxylation sites is 2. The smallest absolute Gasteiger partial charge is 0.212 e. The minimum absolute atomic E-state index is 1.17. The highest BCUT2D eigenvalue weighted by Gasteiger charge is 2.12. The van der Waals surface area contributed by atoms with Gasteiger partial charge in [0.05, 0.1) is 5.39 Å². The topological polar surface area (TPSA) is 29.9 Å². The Balaban J connectivity index is 2.09. The maximum atomic E-state index is 3.54. The molecule has 5 aromatic rings. The summed E-state index contributed by atoms with van der Waals surface area (Å²) in [6.45, 7) is 0. The first-order valence-electron chi connectivity index (χ1n) is 7.14. The van der Waals surface area contributed by atoms with Crippen molar-refractivity contribution in [2.45, 2.75) is 0 Å². The molecule has 2 heteroatoms. The summed E-state index contributed by atoms with van der Waals surface area (Å²) in [7, 11) is 0. The zero-order chi connectivity index (χ0) is 13.8. The lowest BCUT2D eigenvalue weighted by atomic mass is 10.0. The van der Waals surface area contributed by atoms with Crippen molar-refractivity contribution < 1.29 is 4.98 Å². The molecule has 0 atom stereocenters. The molecule has 0 bridgehead atoms. The van der Waals surface area contributed by atoms with E-state index in [1.165, 1.54) is 43.6 Å². The first-order chi connectivity index (χ1) is 10.4. The Kier molecular flexibility index (Phi) is 1.98. The first kappa shape index (κ1) is 10.9. The fourth-order valence-electron chi connectivity index (χ4n) is 3.27. The van der Waals surface area contributed by atoms with Crippen LogP contribution in [0.3, 0.4) is 0 Å². The molecule has 2 heterocycles. The number of aromatic amines is 2. The number of benzene rings is 3. The molecule has 0 aliphatic rings. The number of hydrogen-bond donors (Lipinski definition) is 1. The van der Waals surface area contributed by atoms with Gasteiger partial charge in [-0.25, -0.2) is 4.98 Å². The van der Waals surface area contributed by atoms with E-state index >= 15 is 0 Å². The summed E-state index contributed by atoms with van der Waals surface area (Å²) in [5.74, 6) is 0. The first-order valence-corrected chi connectivity index (χ1v) is 7.14. The zero-order valence-electron chi connectivity index (χ0n) is 11.4. The molecule has 5 rings (SSSR count). The van der Waals surface area contributed by atoms with Crippen molar-refractivity contribution in [1.29, 1.82) is 0 Å². The average molecular weight is 269 g/mol. The van der Waals surface area contributed by atoms with Crippen molar-refractivity contribution in [2.24, 2.45) is 0 Å². The third kappa shape index (κ3) is 1.44. The van der Waals surface area contributed by atoms with Crippen LogP contribution in [0.5, 0.6) is 0 Å². The second kappa shape index (κ2) is 3.83. The van der Waals surface area contributed by atoms with Crippen molar-refractivity contribution in [3.63, 3.8) is 0 Å². The molecule has 0 amide bonds. The number of pyridine rings is 1. The normalized spacial score (nSPS) is 11.8. The summed E-state index contributed by atoms with van der Waals surface area (Å²) in [6, 6.07) is 23.5. The Morgan fingerprint density at radius 2 is 1.52 bits per heavy atom. The van der Waals surface area contributed by atoms with E-state index < -0.39 is 0 Å². The van der Waals surface area contributed by atoms with Crippen LogP contribution in [0.1, 0.15) is 0 Å². The van der Waals surface area contributed by atoms with Gasteiger partial charge in [-0.3, -0.25) is 0 Å². The van der Waals surface area contributed by atoms with Gasteiger partial charge in [0.2, 0.25) is 11.0 Å². The van der Waals surface area contributed by atoms with Crippen LogP contribution in [-0.4, -0.2) is 4.98 Å². The van der Waals surface area contributed by atoms with Crippen LogP contribution in [0.4, 0.5) is 0 Å². The Hall–Kier alpha value is -2.87. The molecule has 0 radical (unpaired) electrons. The van der Waals surface area contributed by atoms with Gasteiger partial charge in [0.15, 0.2) is 0 Å². The van der Waals surface area contributed by atoms with Crippen molar-refractivity contribution in [2.75, 3.05) is 0 Å². The SMILES string of the molecule is c1ccc2[nH+]c3ccc4[nH]c5ccccc5c4c3cc2c1. The number of hydrogen-bond acceptors (Lipinski definition) is 0. The monoisotopic (exact) mass is 269 g/mol. The number of aromatic nitrogens is 2. The van der Waals surface area contributed by atoms with Gasteiger partial charge in [-0.1, -0.05) is 30.3 Å². The van der Waals surface area contributed by atoms with Crippen molar-refractivity contribution in [1.82, 2.24) is 4.98 Å². The van der Waals surface area contributed by atoms with Gasteiger partial charge in [0.1, 0.15) is 0 Å². The van der Waals surface area contributed by atoms with E-state index in [-0.39, 0.29) is 0 Å². The second-order valence-electron chi connectivity index (χ2n) is 5.48. The van der Waals surface area contributed by atoms with E-state index in [1.54, 1.807) is 0 Å². The third-order valence-electron chi connectivity index (χ3n) is 4.24. The molecule has 0 saturated heterocycles. The van der Waals surface area contributed by atoms with E-state index in [1.807, 2.05) is 0 Å². The highest BCUT2D eigenvalue weighted by atomic mass is 14.7. The van der Waals surface area contributed by atoms with Gasteiger partial charge in [-0.2, -0.15) is 0 Å². The molecule has 3 aromatic carbocycles. The Morgan fingerprint density at radius 1 is 0.667 bits per heavy atom. The molecule has 21 heavy (non-hydrogen) atoms. The van der Waals surface area contributed by atoms with Gasteiger partial charge in [-0.15, -0.1) is 0 Å². The average Bonchev–Trinajstić information content (AvgIpc) is 2.92. The van der Waals surface area contributed by atoms with Gasteiger partial charge in [-0.05, 0) is 24.3 Å². The Bertz CT molecular complexity index is 1140. The molecular formula is C19H13N2+. The van der Waals surface area contributed by atoms with Gasteiger partial charge >= 0.3 is 0 Å². The molecule has 2 N–H and O–H groups in total. The van der Waals surface area contributed by atoms with Crippen LogP contribution in [0, 0.1) is 0 Å². The van der Waals surface area contributed by atoms with E-state index in [0.717, 1.165) is 0 Å². The van der Waals surface area contributed by atoms with Crippen LogP contribution in [0.25, 0.3) is 43.6 Å². The fraction of sp³-hybridized carbons (Fsp3) is 0. The van der Waals surface area contributed by atoms with E-state index in [0.29, 0.717) is 0 Å². The summed E-state index contributed by atoms with van der Waals surface area (Å²) in [6.07, 6.45) is 0. The minimum atomic E-state index is 1.17. The highest BCUT2D eigenvalue weighted by molar-refractivity contribution is 6.19. The van der Waals surface area contributed by atoms with Crippen LogP contribution in [0.15, 0.2) is 66.7 Å². The zero-order valence-corrected chi connectivity index (χ0v) is 11.4. The van der Waals surface area contributed by atoms with Gasteiger partial charge in [0, 0.05) is 39.3 Å². The summed E-state index contributed by atoms with van der Waals surface area (Å²) >= 11 is 0. The van der Waals surface area contributed by atoms with Crippen molar-refractivity contribution in [3.8, 4) is 0 Å². The molecule has 0 spiro atoms. The Labute approximate surface area is 121 Å². The summed E-state index contributed by atoms with van der Waals surface area (Å²) in [5, 5.41) is 5.08. The number of nitrogens with one attached hydrogen (secondary N) is 2. The molecule has 0 aliphatic carbocycles. The lowest BCUT2D eigenvalue weighted by Gasteiger charge is -1.98. The Morgan fingerprint density at radius 3 is 2.52 bits per heavy atom. The van der Waals surface area contributed by atoms with Crippen LogP contribution in [0.2, 0.25) is 0 Å². The standard InChI is InChI=1S/C19H12N2/c1-3-7-15-12(5-1)11-14-17(20-15)9-10-18-19(14)13-6-2-4-8-16(13)21-18/h1-11,21H/p+1. The van der Waals surface area contributed by atoms with E-state index in [2.05, 4.69) is 76.7 Å². The number of rotatable bonds is 0. The molecule has 0 unspecified atom stereocenters. The van der Waals surface area contributed by atoms with Crippen molar-refractivity contribution in [3.05, 3.63) is 66.7 Å². The molecule has 0 aliphatic heterocycles. The van der Waals surface area contributed by atoms with Gasteiger partial charge in [0.25, 0.3) is 0 Å². The van der Waals surface area contributed by atoms with Crippen LogP contribution >= 0.6 is 0 Å². The molecular weight excluding hydrogens is 256 g/mol. The summed E-state index contributed by atoms with van der Waals surface area (Å²) in [5.41, 5.74) is 4.72. The highest BCUT2D eigenvalue weighted by Crippen LogP contribution is 2.31. The predicted octanol–water partition coefficient (Wildman–Crippen LogP) is 4.44. The molecule has 2 aromatic heterocycles. The molecule has 98 valence electrons. The largest absolute Gasteiger partial charge is 0.354 e. The van der Waals surface area contributed by atoms with Gasteiger partial charge < -0.3 is 4.98 Å². The summed E-state index contributed by atoms with van der Waals surface area (Å²) < 4.78 is 0. The maximum absolute atomic E-state index is 3.54. The molecule has 0 saturated carbocycles. The predicted molar refractivity (Wildman–Crippen MR) is 87.4 cm³/mol. The third-order valence-corrected chi connectivity index (χ3v) is 4.24. The minimum Gasteiger partial charge on any atom is -0.354 e. The quantitative estimate of drug-likeness (QED) is 0.403. The maximum Gasteiger partial charge on any atom is 0.212 e. The molecule has 2 nitrogen and oxygen atoms in total. The lowest BCUT2D eigenvalue weighted by molar-refractivity contribution is -0.310. The van der Waals surface area contributed by atoms with Crippen LogP contribution in [-0.2, 0) is 0 Å². The molecule has 0 fully saturated rings. The van der Waals surface area contributed by atoms with E-state index in [4.69, 9.17) is 0 Å².